The minimum Gasteiger partial charge on any atom is -0.465 e. The van der Waals surface area contributed by atoms with E-state index in [1.807, 2.05) is 20.8 Å². The summed E-state index contributed by atoms with van der Waals surface area (Å²) in [5, 5.41) is 9.42. The number of hydrogen-bond acceptors (Lipinski definition) is 2. The number of carboxylic acid groups (broad SMARTS) is 1. The first kappa shape index (κ1) is 14.8. The molecule has 1 aliphatic rings. The lowest BCUT2D eigenvalue weighted by atomic mass is 9.67. The highest BCUT2D eigenvalue weighted by atomic mass is 16.4. The van der Waals surface area contributed by atoms with E-state index in [4.69, 9.17) is 0 Å². The van der Waals surface area contributed by atoms with E-state index in [0.29, 0.717) is 13.0 Å². The lowest BCUT2D eigenvalue weighted by Crippen LogP contribution is -2.68. The summed E-state index contributed by atoms with van der Waals surface area (Å²) in [6, 6.07) is 0. The van der Waals surface area contributed by atoms with Gasteiger partial charge in [-0.05, 0) is 24.7 Å². The first-order chi connectivity index (χ1) is 8.14. The van der Waals surface area contributed by atoms with Crippen molar-refractivity contribution in [3.8, 4) is 0 Å². The van der Waals surface area contributed by atoms with Crippen LogP contribution >= 0.6 is 0 Å². The van der Waals surface area contributed by atoms with Crippen LogP contribution < -0.4 is 0 Å². The number of likely N-dealkylation sites (N-methyl/N-ethyl adjacent to an activating group) is 1. The van der Waals surface area contributed by atoms with Gasteiger partial charge in [-0.1, -0.05) is 20.8 Å². The number of hydrogen-bond donors (Lipinski definition) is 1. The Labute approximate surface area is 109 Å². The van der Waals surface area contributed by atoms with Crippen molar-refractivity contribution < 1.29 is 14.7 Å². The van der Waals surface area contributed by atoms with Crippen LogP contribution in [0.5, 0.6) is 0 Å². The molecule has 1 fully saturated rings. The number of nitrogens with zero attached hydrogens (tertiary/aromatic N) is 2. The van der Waals surface area contributed by atoms with Gasteiger partial charge in [-0.3, -0.25) is 9.69 Å². The summed E-state index contributed by atoms with van der Waals surface area (Å²) < 4.78 is 0. The molecule has 0 spiro atoms. The quantitative estimate of drug-likeness (QED) is 0.780. The lowest BCUT2D eigenvalue weighted by Gasteiger charge is -2.52. The third-order valence-electron chi connectivity index (χ3n) is 3.86. The monoisotopic (exact) mass is 256 g/mol. The van der Waals surface area contributed by atoms with E-state index in [2.05, 4.69) is 0 Å². The highest BCUT2D eigenvalue weighted by Crippen LogP contribution is 2.43. The smallest absolute Gasteiger partial charge is 0.408 e. The molecule has 1 N–H and O–H groups in total. The summed E-state index contributed by atoms with van der Waals surface area (Å²) in [7, 11) is 3.37. The van der Waals surface area contributed by atoms with Gasteiger partial charge in [0.15, 0.2) is 0 Å². The summed E-state index contributed by atoms with van der Waals surface area (Å²) in [6.45, 7) is 6.26. The largest absolute Gasteiger partial charge is 0.465 e. The molecule has 104 valence electrons. The van der Waals surface area contributed by atoms with Crippen LogP contribution in [0.15, 0.2) is 0 Å². The van der Waals surface area contributed by atoms with Crippen LogP contribution in [-0.2, 0) is 4.79 Å². The Kier molecular flexibility index (Phi) is 3.93. The molecule has 1 heterocycles. The maximum atomic E-state index is 12.6. The Morgan fingerprint density at radius 1 is 1.22 bits per heavy atom. The predicted molar refractivity (Wildman–Crippen MR) is 69.5 cm³/mol. The SMILES string of the molecule is CN(C)C(=O)[C@@]1(C(C)(C)C)CCCCN1C(=O)O. The molecule has 0 aromatic heterocycles. The van der Waals surface area contributed by atoms with Gasteiger partial charge in [-0.15, -0.1) is 0 Å². The Balaban J connectivity index is 3.33. The fraction of sp³-hybridized carbons (Fsp3) is 0.846. The zero-order chi connectivity index (χ0) is 14.1. The Hall–Kier alpha value is -1.26. The van der Waals surface area contributed by atoms with E-state index in [1.165, 1.54) is 9.80 Å². The molecule has 1 atom stereocenters. The number of likely N-dealkylation sites (tertiary alicyclic amines) is 1. The molecule has 1 rings (SSSR count). The van der Waals surface area contributed by atoms with Crippen molar-refractivity contribution in [3.05, 3.63) is 0 Å². The Morgan fingerprint density at radius 2 is 1.78 bits per heavy atom. The second-order valence-electron chi connectivity index (χ2n) is 6.20. The van der Waals surface area contributed by atoms with Crippen LogP contribution in [0, 0.1) is 5.41 Å². The Morgan fingerprint density at radius 3 is 2.17 bits per heavy atom. The Bertz CT molecular complexity index is 347. The standard InChI is InChI=1S/C13H24N2O3/c1-12(2,3)13(10(16)14(4)5)8-6-7-9-15(13)11(17)18/h6-9H2,1-5H3,(H,17,18)/t13-/m1/s1. The van der Waals surface area contributed by atoms with Crippen molar-refractivity contribution in [1.29, 1.82) is 0 Å². The van der Waals surface area contributed by atoms with Crippen molar-refractivity contribution in [2.45, 2.75) is 45.6 Å². The summed E-state index contributed by atoms with van der Waals surface area (Å²) >= 11 is 0. The average Bonchev–Trinajstić information content (AvgIpc) is 2.26. The molecule has 0 bridgehead atoms. The second-order valence-corrected chi connectivity index (χ2v) is 6.20. The van der Waals surface area contributed by atoms with E-state index in [0.717, 1.165) is 12.8 Å². The van der Waals surface area contributed by atoms with Gasteiger partial charge in [0.25, 0.3) is 0 Å². The number of piperidine rings is 1. The van der Waals surface area contributed by atoms with Crippen LogP contribution in [0.1, 0.15) is 40.0 Å². The van der Waals surface area contributed by atoms with E-state index in [9.17, 15) is 14.7 Å². The molecule has 1 saturated heterocycles. The van der Waals surface area contributed by atoms with Crippen molar-refractivity contribution in [2.75, 3.05) is 20.6 Å². The molecular formula is C13H24N2O3. The van der Waals surface area contributed by atoms with Gasteiger partial charge >= 0.3 is 6.09 Å². The average molecular weight is 256 g/mol. The van der Waals surface area contributed by atoms with Crippen LogP contribution in [0.4, 0.5) is 4.79 Å². The number of rotatable bonds is 1. The minimum absolute atomic E-state index is 0.114. The van der Waals surface area contributed by atoms with E-state index in [1.54, 1.807) is 14.1 Å². The highest BCUT2D eigenvalue weighted by molar-refractivity contribution is 5.90. The molecular weight excluding hydrogens is 232 g/mol. The third kappa shape index (κ3) is 2.18. The third-order valence-corrected chi connectivity index (χ3v) is 3.86. The summed E-state index contributed by atoms with van der Waals surface area (Å²) in [6.07, 6.45) is 1.31. The molecule has 2 amide bonds. The summed E-state index contributed by atoms with van der Waals surface area (Å²) in [4.78, 5) is 27.0. The van der Waals surface area contributed by atoms with Gasteiger partial charge in [-0.25, -0.2) is 4.79 Å². The maximum Gasteiger partial charge on any atom is 0.408 e. The van der Waals surface area contributed by atoms with Crippen LogP contribution in [-0.4, -0.2) is 53.1 Å². The van der Waals surface area contributed by atoms with E-state index >= 15 is 0 Å². The molecule has 0 aromatic carbocycles. The number of amides is 2. The van der Waals surface area contributed by atoms with E-state index in [-0.39, 0.29) is 5.91 Å². The van der Waals surface area contributed by atoms with Gasteiger partial charge in [0.1, 0.15) is 5.54 Å². The van der Waals surface area contributed by atoms with Crippen LogP contribution in [0.25, 0.3) is 0 Å². The van der Waals surface area contributed by atoms with Crippen molar-refractivity contribution in [1.82, 2.24) is 9.80 Å². The topological polar surface area (TPSA) is 60.9 Å². The molecule has 0 saturated carbocycles. The number of carbonyl (C=O) groups excluding carboxylic acids is 1. The second kappa shape index (κ2) is 4.78. The fourth-order valence-electron chi connectivity index (χ4n) is 2.93. The molecule has 0 radical (unpaired) electrons. The summed E-state index contributed by atoms with van der Waals surface area (Å²) in [5.74, 6) is -0.114. The van der Waals surface area contributed by atoms with Crippen LogP contribution in [0.3, 0.4) is 0 Å². The van der Waals surface area contributed by atoms with Crippen molar-refractivity contribution in [3.63, 3.8) is 0 Å². The van der Waals surface area contributed by atoms with Gasteiger partial charge < -0.3 is 10.0 Å². The first-order valence-corrected chi connectivity index (χ1v) is 6.37. The fourth-order valence-corrected chi connectivity index (χ4v) is 2.93. The van der Waals surface area contributed by atoms with Crippen molar-refractivity contribution in [2.24, 2.45) is 5.41 Å². The van der Waals surface area contributed by atoms with Crippen LogP contribution in [0.2, 0.25) is 0 Å². The van der Waals surface area contributed by atoms with E-state index < -0.39 is 17.0 Å². The molecule has 0 unspecified atom stereocenters. The van der Waals surface area contributed by atoms with Crippen molar-refractivity contribution >= 4 is 12.0 Å². The van der Waals surface area contributed by atoms with Gasteiger partial charge in [0.05, 0.1) is 0 Å². The highest BCUT2D eigenvalue weighted by Gasteiger charge is 2.56. The molecule has 1 aliphatic heterocycles. The van der Waals surface area contributed by atoms with Gasteiger partial charge in [0.2, 0.25) is 5.91 Å². The number of carbonyl (C=O) groups is 2. The molecule has 0 aromatic rings. The molecule has 0 aliphatic carbocycles. The summed E-state index contributed by atoms with van der Waals surface area (Å²) in [5.41, 5.74) is -1.37. The zero-order valence-corrected chi connectivity index (χ0v) is 12.0. The first-order valence-electron chi connectivity index (χ1n) is 6.37. The minimum atomic E-state index is -1.00. The van der Waals surface area contributed by atoms with Gasteiger partial charge in [0, 0.05) is 20.6 Å². The molecule has 18 heavy (non-hydrogen) atoms. The zero-order valence-electron chi connectivity index (χ0n) is 12.0. The predicted octanol–water partition coefficient (Wildman–Crippen LogP) is 2.02. The molecule has 5 heteroatoms. The molecule has 5 nitrogen and oxygen atoms in total. The maximum absolute atomic E-state index is 12.6. The normalized spacial score (nSPS) is 24.8. The van der Waals surface area contributed by atoms with Gasteiger partial charge in [-0.2, -0.15) is 0 Å². The lowest BCUT2D eigenvalue weighted by molar-refractivity contribution is -0.152.